The second-order valence-corrected chi connectivity index (χ2v) is 5.44. The van der Waals surface area contributed by atoms with Crippen LogP contribution in [0.5, 0.6) is 5.75 Å². The number of hydrogen-bond acceptors (Lipinski definition) is 2. The van der Waals surface area contributed by atoms with E-state index >= 15 is 0 Å². The zero-order valence-electron chi connectivity index (χ0n) is 11.9. The van der Waals surface area contributed by atoms with E-state index < -0.39 is 0 Å². The lowest BCUT2D eigenvalue weighted by atomic mass is 10.1. The highest BCUT2D eigenvalue weighted by Gasteiger charge is 2.06. The Morgan fingerprint density at radius 1 is 1.00 bits per heavy atom. The molecule has 3 heteroatoms. The molecule has 0 aliphatic rings. The van der Waals surface area contributed by atoms with Gasteiger partial charge in [0, 0.05) is 10.6 Å². The van der Waals surface area contributed by atoms with Crippen molar-refractivity contribution in [3.05, 3.63) is 63.7 Å². The lowest BCUT2D eigenvalue weighted by molar-refractivity contribution is 0.303. The van der Waals surface area contributed by atoms with Crippen molar-refractivity contribution in [3.63, 3.8) is 0 Å². The SMILES string of the molecule is Cc1ccc(COc2ccc(C)cc2CCN)c(Cl)c1. The maximum absolute atomic E-state index is 6.22. The van der Waals surface area contributed by atoms with Crippen LogP contribution in [0.15, 0.2) is 36.4 Å². The predicted octanol–water partition coefficient (Wildman–Crippen LogP) is 4.04. The van der Waals surface area contributed by atoms with Gasteiger partial charge in [0.15, 0.2) is 0 Å². The lowest BCUT2D eigenvalue weighted by Crippen LogP contribution is -2.06. The highest BCUT2D eigenvalue weighted by Crippen LogP contribution is 2.24. The van der Waals surface area contributed by atoms with E-state index in [1.54, 1.807) is 0 Å². The van der Waals surface area contributed by atoms with Crippen LogP contribution in [0.2, 0.25) is 5.02 Å². The van der Waals surface area contributed by atoms with Gasteiger partial charge in [-0.1, -0.05) is 41.4 Å². The Morgan fingerprint density at radius 3 is 2.40 bits per heavy atom. The van der Waals surface area contributed by atoms with Crippen molar-refractivity contribution in [2.24, 2.45) is 5.73 Å². The molecule has 0 amide bonds. The molecule has 106 valence electrons. The molecule has 0 bridgehead atoms. The Morgan fingerprint density at radius 2 is 1.70 bits per heavy atom. The summed E-state index contributed by atoms with van der Waals surface area (Å²) >= 11 is 6.22. The molecule has 20 heavy (non-hydrogen) atoms. The molecule has 0 unspecified atom stereocenters. The molecule has 2 N–H and O–H groups in total. The third-order valence-corrected chi connectivity index (χ3v) is 3.57. The van der Waals surface area contributed by atoms with Gasteiger partial charge < -0.3 is 10.5 Å². The summed E-state index contributed by atoms with van der Waals surface area (Å²) in [6, 6.07) is 12.2. The molecular weight excluding hydrogens is 270 g/mol. The van der Waals surface area contributed by atoms with E-state index in [2.05, 4.69) is 13.0 Å². The maximum atomic E-state index is 6.22. The highest BCUT2D eigenvalue weighted by molar-refractivity contribution is 6.31. The Kier molecular flexibility index (Phi) is 5.05. The van der Waals surface area contributed by atoms with Gasteiger partial charge in [0.1, 0.15) is 12.4 Å². The van der Waals surface area contributed by atoms with Gasteiger partial charge in [-0.25, -0.2) is 0 Å². The van der Waals surface area contributed by atoms with Crippen LogP contribution < -0.4 is 10.5 Å². The summed E-state index contributed by atoms with van der Waals surface area (Å²) in [5.74, 6) is 0.887. The number of benzene rings is 2. The summed E-state index contributed by atoms with van der Waals surface area (Å²) in [6.07, 6.45) is 0.818. The van der Waals surface area contributed by atoms with Crippen molar-refractivity contribution in [1.29, 1.82) is 0 Å². The first-order valence-electron chi connectivity index (χ1n) is 6.77. The predicted molar refractivity (Wildman–Crippen MR) is 84.5 cm³/mol. The maximum Gasteiger partial charge on any atom is 0.123 e. The Bertz CT molecular complexity index is 596. The van der Waals surface area contributed by atoms with E-state index in [-0.39, 0.29) is 0 Å². The molecular formula is C17H20ClNO. The van der Waals surface area contributed by atoms with E-state index in [1.807, 2.05) is 37.3 Å². The van der Waals surface area contributed by atoms with Gasteiger partial charge in [0.25, 0.3) is 0 Å². The Hall–Kier alpha value is -1.51. The Balaban J connectivity index is 2.14. The zero-order valence-corrected chi connectivity index (χ0v) is 12.7. The second-order valence-electron chi connectivity index (χ2n) is 5.03. The van der Waals surface area contributed by atoms with Crippen LogP contribution >= 0.6 is 11.6 Å². The van der Waals surface area contributed by atoms with Gasteiger partial charge in [-0.15, -0.1) is 0 Å². The van der Waals surface area contributed by atoms with Crippen molar-refractivity contribution in [1.82, 2.24) is 0 Å². The lowest BCUT2D eigenvalue weighted by Gasteiger charge is -2.13. The van der Waals surface area contributed by atoms with E-state index in [0.29, 0.717) is 13.2 Å². The van der Waals surface area contributed by atoms with Crippen molar-refractivity contribution < 1.29 is 4.74 Å². The third-order valence-electron chi connectivity index (χ3n) is 3.22. The number of nitrogens with two attached hydrogens (primary N) is 1. The molecule has 0 spiro atoms. The Labute approximate surface area is 125 Å². The summed E-state index contributed by atoms with van der Waals surface area (Å²) in [6.45, 7) is 5.18. The number of aryl methyl sites for hydroxylation is 2. The molecule has 2 aromatic rings. The first kappa shape index (κ1) is 14.9. The van der Waals surface area contributed by atoms with Gasteiger partial charge >= 0.3 is 0 Å². The van der Waals surface area contributed by atoms with Crippen LogP contribution in [0.3, 0.4) is 0 Å². The number of ether oxygens (including phenoxy) is 1. The van der Waals surface area contributed by atoms with Gasteiger partial charge in [-0.05, 0) is 50.1 Å². The first-order valence-corrected chi connectivity index (χ1v) is 7.15. The minimum atomic E-state index is 0.472. The average molecular weight is 290 g/mol. The van der Waals surface area contributed by atoms with E-state index in [1.165, 1.54) is 5.56 Å². The number of rotatable bonds is 5. The molecule has 0 fully saturated rings. The van der Waals surface area contributed by atoms with Crippen LogP contribution in [0.1, 0.15) is 22.3 Å². The van der Waals surface area contributed by atoms with Gasteiger partial charge in [-0.2, -0.15) is 0 Å². The summed E-state index contributed by atoms with van der Waals surface area (Å²) in [7, 11) is 0. The van der Waals surface area contributed by atoms with Crippen LogP contribution in [0, 0.1) is 13.8 Å². The van der Waals surface area contributed by atoms with Crippen LogP contribution in [-0.4, -0.2) is 6.54 Å². The van der Waals surface area contributed by atoms with Crippen molar-refractivity contribution in [3.8, 4) is 5.75 Å². The third kappa shape index (κ3) is 3.75. The van der Waals surface area contributed by atoms with Crippen LogP contribution in [0.4, 0.5) is 0 Å². The van der Waals surface area contributed by atoms with Gasteiger partial charge in [0.05, 0.1) is 0 Å². The smallest absolute Gasteiger partial charge is 0.123 e. The molecule has 0 saturated heterocycles. The molecule has 0 radical (unpaired) electrons. The quantitative estimate of drug-likeness (QED) is 0.902. The van der Waals surface area contributed by atoms with Crippen molar-refractivity contribution in [2.45, 2.75) is 26.9 Å². The minimum absolute atomic E-state index is 0.472. The highest BCUT2D eigenvalue weighted by atomic mass is 35.5. The normalized spacial score (nSPS) is 10.6. The standard InChI is InChI=1S/C17H20ClNO/c1-12-4-6-17(14(9-12)7-8-19)20-11-15-5-3-13(2)10-16(15)18/h3-6,9-10H,7-8,11,19H2,1-2H3. The van der Waals surface area contributed by atoms with Gasteiger partial charge in [0.2, 0.25) is 0 Å². The topological polar surface area (TPSA) is 35.2 Å². The molecule has 0 aromatic heterocycles. The summed E-state index contributed by atoms with van der Waals surface area (Å²) in [4.78, 5) is 0. The molecule has 0 aliphatic heterocycles. The molecule has 2 aromatic carbocycles. The summed E-state index contributed by atoms with van der Waals surface area (Å²) in [5.41, 5.74) is 10.2. The fourth-order valence-electron chi connectivity index (χ4n) is 2.12. The van der Waals surface area contributed by atoms with Crippen LogP contribution in [0.25, 0.3) is 0 Å². The summed E-state index contributed by atoms with van der Waals surface area (Å²) in [5, 5.41) is 0.748. The molecule has 0 aliphatic carbocycles. The van der Waals surface area contributed by atoms with E-state index in [0.717, 1.165) is 33.9 Å². The number of hydrogen-bond donors (Lipinski definition) is 1. The van der Waals surface area contributed by atoms with E-state index in [9.17, 15) is 0 Å². The fourth-order valence-corrected chi connectivity index (χ4v) is 2.41. The van der Waals surface area contributed by atoms with Gasteiger partial charge in [-0.3, -0.25) is 0 Å². The minimum Gasteiger partial charge on any atom is -0.489 e. The molecule has 2 rings (SSSR count). The molecule has 0 heterocycles. The largest absolute Gasteiger partial charge is 0.489 e. The molecule has 0 saturated carbocycles. The van der Waals surface area contributed by atoms with Crippen LogP contribution in [-0.2, 0) is 13.0 Å². The first-order chi connectivity index (χ1) is 9.60. The summed E-state index contributed by atoms with van der Waals surface area (Å²) < 4.78 is 5.91. The average Bonchev–Trinajstić information content (AvgIpc) is 2.40. The second kappa shape index (κ2) is 6.78. The number of halogens is 1. The molecule has 2 nitrogen and oxygen atoms in total. The fraction of sp³-hybridized carbons (Fsp3) is 0.294. The van der Waals surface area contributed by atoms with E-state index in [4.69, 9.17) is 22.1 Å². The van der Waals surface area contributed by atoms with Crippen molar-refractivity contribution >= 4 is 11.6 Å². The monoisotopic (exact) mass is 289 g/mol. The van der Waals surface area contributed by atoms with Crippen molar-refractivity contribution in [2.75, 3.05) is 6.54 Å². The molecule has 0 atom stereocenters. The zero-order chi connectivity index (χ0) is 14.5.